The summed E-state index contributed by atoms with van der Waals surface area (Å²) in [7, 11) is -3.40. The molecule has 0 spiro atoms. The Morgan fingerprint density at radius 1 is 1.24 bits per heavy atom. The van der Waals surface area contributed by atoms with Gasteiger partial charge in [0.1, 0.15) is 4.60 Å². The van der Waals surface area contributed by atoms with Crippen LogP contribution in [0.2, 0.25) is 0 Å². The molecule has 5 nitrogen and oxygen atoms in total. The van der Waals surface area contributed by atoms with Crippen LogP contribution in [-0.4, -0.2) is 24.9 Å². The maximum Gasteiger partial charge on any atom is 0.233 e. The summed E-state index contributed by atoms with van der Waals surface area (Å²) >= 11 is 4.62. The zero-order chi connectivity index (χ0) is 15.3. The van der Waals surface area contributed by atoms with E-state index < -0.39 is 10.0 Å². The summed E-state index contributed by atoms with van der Waals surface area (Å²) in [4.78, 5) is 4.86. The molecule has 1 aromatic carbocycles. The molecule has 0 unspecified atom stereocenters. The van der Waals surface area contributed by atoms with E-state index >= 15 is 0 Å². The molecule has 0 saturated carbocycles. The molecular formula is C13H14BrN3O2S2. The Morgan fingerprint density at radius 2 is 2.00 bits per heavy atom. The Balaban J connectivity index is 1.90. The quantitative estimate of drug-likeness (QED) is 0.452. The van der Waals surface area contributed by atoms with Gasteiger partial charge in [0.2, 0.25) is 10.0 Å². The molecule has 0 amide bonds. The lowest BCUT2D eigenvalue weighted by atomic mass is 10.3. The van der Waals surface area contributed by atoms with Crippen LogP contribution in [0.4, 0.5) is 11.4 Å². The second kappa shape index (κ2) is 7.15. The molecule has 21 heavy (non-hydrogen) atoms. The molecule has 0 aliphatic heterocycles. The summed E-state index contributed by atoms with van der Waals surface area (Å²) in [5.74, 6) is 0.426. The van der Waals surface area contributed by atoms with Crippen LogP contribution in [0.5, 0.6) is 0 Å². The highest BCUT2D eigenvalue weighted by molar-refractivity contribution is 9.10. The number of thioether (sulfide) groups is 1. The third-order valence-electron chi connectivity index (χ3n) is 2.53. The van der Waals surface area contributed by atoms with Crippen molar-refractivity contribution in [3.63, 3.8) is 0 Å². The fraction of sp³-hybridized carbons (Fsp3) is 0.154. The van der Waals surface area contributed by atoms with Crippen molar-refractivity contribution < 1.29 is 8.42 Å². The lowest BCUT2D eigenvalue weighted by Gasteiger charge is -2.08. The average Bonchev–Trinajstić information content (AvgIpc) is 2.43. The molecule has 0 fully saturated rings. The molecular weight excluding hydrogens is 374 g/mol. The van der Waals surface area contributed by atoms with Gasteiger partial charge in [0.25, 0.3) is 0 Å². The van der Waals surface area contributed by atoms with Crippen LogP contribution in [0.1, 0.15) is 0 Å². The third kappa shape index (κ3) is 5.22. The number of hydrogen-bond donors (Lipinski definition) is 2. The molecule has 2 aromatic rings. The minimum absolute atomic E-state index is 0.00205. The summed E-state index contributed by atoms with van der Waals surface area (Å²) in [5, 5.41) is 0. The number of anilines is 2. The molecule has 0 saturated heterocycles. The van der Waals surface area contributed by atoms with Crippen LogP contribution in [0.3, 0.4) is 0 Å². The second-order valence-corrected chi connectivity index (χ2v) is 7.97. The fourth-order valence-corrected chi connectivity index (χ4v) is 4.20. The first kappa shape index (κ1) is 16.1. The summed E-state index contributed by atoms with van der Waals surface area (Å²) in [6.45, 7) is 0. The first-order valence-electron chi connectivity index (χ1n) is 6.06. The number of nitrogens with one attached hydrogen (secondary N) is 1. The van der Waals surface area contributed by atoms with Crippen molar-refractivity contribution in [2.75, 3.05) is 22.0 Å². The van der Waals surface area contributed by atoms with Crippen molar-refractivity contribution in [1.82, 2.24) is 4.98 Å². The van der Waals surface area contributed by atoms with E-state index in [9.17, 15) is 8.42 Å². The van der Waals surface area contributed by atoms with Crippen LogP contribution < -0.4 is 10.5 Å². The lowest BCUT2D eigenvalue weighted by molar-refractivity contribution is 0.602. The topological polar surface area (TPSA) is 85.1 Å². The number of sulfonamides is 1. The number of benzene rings is 1. The highest BCUT2D eigenvalue weighted by atomic mass is 79.9. The third-order valence-corrected chi connectivity index (χ3v) is 5.64. The lowest BCUT2D eigenvalue weighted by Crippen LogP contribution is -2.18. The minimum Gasteiger partial charge on any atom is -0.398 e. The summed E-state index contributed by atoms with van der Waals surface area (Å²) < 4.78 is 27.1. The van der Waals surface area contributed by atoms with Gasteiger partial charge in [-0.15, -0.1) is 11.8 Å². The van der Waals surface area contributed by atoms with Crippen molar-refractivity contribution in [2.45, 2.75) is 4.90 Å². The zero-order valence-corrected chi connectivity index (χ0v) is 14.2. The monoisotopic (exact) mass is 387 g/mol. The smallest absolute Gasteiger partial charge is 0.233 e. The van der Waals surface area contributed by atoms with E-state index in [1.165, 1.54) is 18.0 Å². The van der Waals surface area contributed by atoms with Crippen LogP contribution in [0, 0.1) is 0 Å². The van der Waals surface area contributed by atoms with Gasteiger partial charge in [-0.2, -0.15) is 0 Å². The minimum atomic E-state index is -3.40. The van der Waals surface area contributed by atoms with Gasteiger partial charge >= 0.3 is 0 Å². The highest BCUT2D eigenvalue weighted by Crippen LogP contribution is 2.24. The number of nitrogens with zero attached hydrogens (tertiary/aromatic N) is 1. The first-order chi connectivity index (χ1) is 9.96. The van der Waals surface area contributed by atoms with E-state index in [4.69, 9.17) is 5.73 Å². The molecule has 1 heterocycles. The summed E-state index contributed by atoms with van der Waals surface area (Å²) in [6, 6.07) is 10.7. The molecule has 0 bridgehead atoms. The largest absolute Gasteiger partial charge is 0.398 e. The number of hydrogen-bond acceptors (Lipinski definition) is 5. The standard InChI is InChI=1S/C13H14BrN3O2S2/c14-13-6-5-10(9-16-13)17-21(18,19)8-7-20-12-4-2-1-3-11(12)15/h1-6,9,17H,7-8,15H2. The number of pyridine rings is 1. The maximum absolute atomic E-state index is 12.0. The number of rotatable bonds is 6. The number of halogens is 1. The van der Waals surface area contributed by atoms with Gasteiger partial charge in [-0.1, -0.05) is 12.1 Å². The average molecular weight is 388 g/mol. The summed E-state index contributed by atoms with van der Waals surface area (Å²) in [5.41, 5.74) is 6.91. The van der Waals surface area contributed by atoms with E-state index in [1.807, 2.05) is 18.2 Å². The molecule has 8 heteroatoms. The van der Waals surface area contributed by atoms with E-state index in [0.29, 0.717) is 21.7 Å². The van der Waals surface area contributed by atoms with Crippen molar-refractivity contribution in [3.05, 3.63) is 47.2 Å². The number of nitrogens with two attached hydrogens (primary N) is 1. The van der Waals surface area contributed by atoms with E-state index in [1.54, 1.807) is 18.2 Å². The Morgan fingerprint density at radius 3 is 2.67 bits per heavy atom. The van der Waals surface area contributed by atoms with Gasteiger partial charge < -0.3 is 5.73 Å². The van der Waals surface area contributed by atoms with Crippen molar-refractivity contribution in [3.8, 4) is 0 Å². The van der Waals surface area contributed by atoms with Crippen LogP contribution in [-0.2, 0) is 10.0 Å². The van der Waals surface area contributed by atoms with E-state index in [0.717, 1.165) is 4.90 Å². The van der Waals surface area contributed by atoms with Gasteiger partial charge in [-0.3, -0.25) is 4.72 Å². The fourth-order valence-electron chi connectivity index (χ4n) is 1.54. The predicted molar refractivity (Wildman–Crippen MR) is 90.9 cm³/mol. The summed E-state index contributed by atoms with van der Waals surface area (Å²) in [6.07, 6.45) is 1.46. The molecule has 2 rings (SSSR count). The molecule has 1 aromatic heterocycles. The first-order valence-corrected chi connectivity index (χ1v) is 9.49. The molecule has 0 aliphatic rings. The van der Waals surface area contributed by atoms with Crippen molar-refractivity contribution >= 4 is 49.1 Å². The highest BCUT2D eigenvalue weighted by Gasteiger charge is 2.11. The molecule has 3 N–H and O–H groups in total. The Kier molecular flexibility index (Phi) is 5.49. The van der Waals surface area contributed by atoms with Crippen LogP contribution >= 0.6 is 27.7 Å². The van der Waals surface area contributed by atoms with Crippen molar-refractivity contribution in [1.29, 1.82) is 0 Å². The molecule has 112 valence electrons. The van der Waals surface area contributed by atoms with Crippen LogP contribution in [0.25, 0.3) is 0 Å². The number of aromatic nitrogens is 1. The Labute approximate surface area is 136 Å². The normalized spacial score (nSPS) is 11.3. The van der Waals surface area contributed by atoms with E-state index in [-0.39, 0.29) is 5.75 Å². The Bertz CT molecular complexity index is 706. The van der Waals surface area contributed by atoms with Gasteiger partial charge in [0, 0.05) is 16.3 Å². The van der Waals surface area contributed by atoms with Gasteiger partial charge in [-0.05, 0) is 40.2 Å². The van der Waals surface area contributed by atoms with Gasteiger partial charge in [0.05, 0.1) is 17.6 Å². The SMILES string of the molecule is Nc1ccccc1SCCS(=O)(=O)Nc1ccc(Br)nc1. The molecule has 0 aliphatic carbocycles. The Hall–Kier alpha value is -1.25. The van der Waals surface area contributed by atoms with E-state index in [2.05, 4.69) is 25.6 Å². The van der Waals surface area contributed by atoms with Gasteiger partial charge in [-0.25, -0.2) is 13.4 Å². The molecule has 0 radical (unpaired) electrons. The second-order valence-electron chi connectivity index (χ2n) is 4.18. The van der Waals surface area contributed by atoms with Crippen molar-refractivity contribution in [2.24, 2.45) is 0 Å². The molecule has 0 atom stereocenters. The van der Waals surface area contributed by atoms with Gasteiger partial charge in [0.15, 0.2) is 0 Å². The maximum atomic E-state index is 12.0. The van der Waals surface area contributed by atoms with Crippen LogP contribution in [0.15, 0.2) is 52.1 Å². The number of nitrogen functional groups attached to an aromatic ring is 1. The predicted octanol–water partition coefficient (Wildman–Crippen LogP) is 2.96. The zero-order valence-electron chi connectivity index (χ0n) is 11.0. The number of para-hydroxylation sites is 1.